The van der Waals surface area contributed by atoms with Crippen LogP contribution in [0.25, 0.3) is 0 Å². The third kappa shape index (κ3) is 9.81. The van der Waals surface area contributed by atoms with E-state index in [0.717, 1.165) is 6.42 Å². The van der Waals surface area contributed by atoms with E-state index >= 15 is 0 Å². The van der Waals surface area contributed by atoms with Gasteiger partial charge in [-0.25, -0.2) is 4.99 Å². The Morgan fingerprint density at radius 1 is 1.20 bits per heavy atom. The molecule has 0 bridgehead atoms. The summed E-state index contributed by atoms with van der Waals surface area (Å²) in [5.74, 6) is 0.300. The molecule has 5 nitrogen and oxygen atoms in total. The number of alkyl halides is 3. The predicted octanol–water partition coefficient (Wildman–Crippen LogP) is 3.46. The molecular formula is C17H26F3N3O2. The van der Waals surface area contributed by atoms with Gasteiger partial charge in [-0.3, -0.25) is 0 Å². The maximum Gasteiger partial charge on any atom is 0.573 e. The number of ether oxygens (including phenoxy) is 2. The first-order chi connectivity index (χ1) is 11.8. The third-order valence-corrected chi connectivity index (χ3v) is 3.01. The maximum atomic E-state index is 12.4. The summed E-state index contributed by atoms with van der Waals surface area (Å²) >= 11 is 0. The zero-order valence-electron chi connectivity index (χ0n) is 14.8. The molecule has 1 aromatic carbocycles. The molecule has 0 unspecified atom stereocenters. The molecule has 2 N–H and O–H groups in total. The standard InChI is InChI=1S/C17H26F3N3O2/c1-4-21-16(22-10-7-11-24-13(2)3)23-12-14-8-5-6-9-15(14)25-17(18,19)20/h5-6,8-9,13H,4,7,10-12H2,1-3H3,(H2,21,22,23). The molecule has 0 aliphatic rings. The van der Waals surface area contributed by atoms with E-state index in [1.165, 1.54) is 12.1 Å². The molecule has 0 aliphatic carbocycles. The highest BCUT2D eigenvalue weighted by atomic mass is 19.4. The molecular weight excluding hydrogens is 335 g/mol. The summed E-state index contributed by atoms with van der Waals surface area (Å²) in [6, 6.07) is 5.98. The Kier molecular flexibility index (Phi) is 9.12. The van der Waals surface area contributed by atoms with Gasteiger partial charge in [-0.05, 0) is 33.3 Å². The smallest absolute Gasteiger partial charge is 0.405 e. The summed E-state index contributed by atoms with van der Waals surface area (Å²) in [6.07, 6.45) is -3.73. The van der Waals surface area contributed by atoms with Gasteiger partial charge in [0.25, 0.3) is 0 Å². The van der Waals surface area contributed by atoms with Gasteiger partial charge < -0.3 is 20.1 Å². The predicted molar refractivity (Wildman–Crippen MR) is 91.6 cm³/mol. The maximum absolute atomic E-state index is 12.4. The minimum Gasteiger partial charge on any atom is -0.405 e. The van der Waals surface area contributed by atoms with Crippen LogP contribution in [0, 0.1) is 0 Å². The fourth-order valence-corrected chi connectivity index (χ4v) is 1.96. The Morgan fingerprint density at radius 2 is 1.92 bits per heavy atom. The molecule has 1 aromatic rings. The van der Waals surface area contributed by atoms with Gasteiger partial charge in [0.1, 0.15) is 5.75 Å². The van der Waals surface area contributed by atoms with E-state index in [4.69, 9.17) is 4.74 Å². The minimum absolute atomic E-state index is 0.0735. The Balaban J connectivity index is 2.62. The highest BCUT2D eigenvalue weighted by Gasteiger charge is 2.31. The number of hydrogen-bond donors (Lipinski definition) is 2. The van der Waals surface area contributed by atoms with Gasteiger partial charge >= 0.3 is 6.36 Å². The first kappa shape index (κ1) is 21.1. The van der Waals surface area contributed by atoms with Crippen molar-refractivity contribution in [2.45, 2.75) is 46.2 Å². The van der Waals surface area contributed by atoms with Gasteiger partial charge in [-0.2, -0.15) is 0 Å². The van der Waals surface area contributed by atoms with Gasteiger partial charge in [-0.1, -0.05) is 18.2 Å². The van der Waals surface area contributed by atoms with Crippen molar-refractivity contribution in [1.82, 2.24) is 10.6 Å². The van der Waals surface area contributed by atoms with Crippen LogP contribution >= 0.6 is 0 Å². The molecule has 1 rings (SSSR count). The van der Waals surface area contributed by atoms with E-state index in [1.54, 1.807) is 12.1 Å². The molecule has 0 radical (unpaired) electrons. The second-order valence-corrected chi connectivity index (χ2v) is 5.55. The number of guanidine groups is 1. The van der Waals surface area contributed by atoms with Crippen molar-refractivity contribution in [2.24, 2.45) is 4.99 Å². The second kappa shape index (κ2) is 10.8. The largest absolute Gasteiger partial charge is 0.573 e. The number of halogens is 3. The van der Waals surface area contributed by atoms with Crippen molar-refractivity contribution in [3.63, 3.8) is 0 Å². The van der Waals surface area contributed by atoms with E-state index < -0.39 is 6.36 Å². The molecule has 142 valence electrons. The average Bonchev–Trinajstić information content (AvgIpc) is 2.51. The third-order valence-electron chi connectivity index (χ3n) is 3.01. The summed E-state index contributed by atoms with van der Waals surface area (Å²) in [5.41, 5.74) is 0.361. The number of aliphatic imine (C=N–C) groups is 1. The van der Waals surface area contributed by atoms with Crippen LogP contribution in [0.1, 0.15) is 32.8 Å². The van der Waals surface area contributed by atoms with E-state index in [2.05, 4.69) is 20.4 Å². The molecule has 0 spiro atoms. The molecule has 0 saturated heterocycles. The van der Waals surface area contributed by atoms with Gasteiger partial charge in [-0.15, -0.1) is 13.2 Å². The van der Waals surface area contributed by atoms with Crippen LogP contribution in [0.2, 0.25) is 0 Å². The SMILES string of the molecule is CCNC(=NCc1ccccc1OC(F)(F)F)NCCCOC(C)C. The first-order valence-electron chi connectivity index (χ1n) is 8.29. The lowest BCUT2D eigenvalue weighted by Crippen LogP contribution is -2.38. The van der Waals surface area contributed by atoms with Crippen molar-refractivity contribution in [3.8, 4) is 5.75 Å². The molecule has 0 aliphatic heterocycles. The number of hydrogen-bond acceptors (Lipinski definition) is 3. The summed E-state index contributed by atoms with van der Waals surface area (Å²) in [5, 5.41) is 6.18. The van der Waals surface area contributed by atoms with E-state index in [9.17, 15) is 13.2 Å². The van der Waals surface area contributed by atoms with Crippen LogP contribution < -0.4 is 15.4 Å². The van der Waals surface area contributed by atoms with Crippen molar-refractivity contribution in [3.05, 3.63) is 29.8 Å². The number of para-hydroxylation sites is 1. The molecule has 0 saturated carbocycles. The quantitative estimate of drug-likeness (QED) is 0.402. The molecule has 0 fully saturated rings. The van der Waals surface area contributed by atoms with Crippen molar-refractivity contribution in [1.29, 1.82) is 0 Å². The normalized spacial score (nSPS) is 12.4. The molecule has 0 aromatic heterocycles. The van der Waals surface area contributed by atoms with E-state index in [-0.39, 0.29) is 18.4 Å². The Bertz CT molecular complexity index is 534. The molecule has 0 atom stereocenters. The fourth-order valence-electron chi connectivity index (χ4n) is 1.96. The van der Waals surface area contributed by atoms with E-state index in [1.807, 2.05) is 20.8 Å². The number of nitrogens with zero attached hydrogens (tertiary/aromatic N) is 1. The lowest BCUT2D eigenvalue weighted by Gasteiger charge is -2.14. The van der Waals surface area contributed by atoms with Crippen LogP contribution in [-0.4, -0.2) is 38.1 Å². The average molecular weight is 361 g/mol. The van der Waals surface area contributed by atoms with Gasteiger partial charge in [0.05, 0.1) is 12.6 Å². The van der Waals surface area contributed by atoms with E-state index in [0.29, 0.717) is 31.2 Å². The molecule has 8 heteroatoms. The highest BCUT2D eigenvalue weighted by molar-refractivity contribution is 5.79. The molecule has 0 amide bonds. The second-order valence-electron chi connectivity index (χ2n) is 5.55. The monoisotopic (exact) mass is 361 g/mol. The summed E-state index contributed by atoms with van der Waals surface area (Å²) in [7, 11) is 0. The van der Waals surface area contributed by atoms with Crippen molar-refractivity contribution in [2.75, 3.05) is 19.7 Å². The van der Waals surface area contributed by atoms with Gasteiger partial charge in [0.2, 0.25) is 0 Å². The lowest BCUT2D eigenvalue weighted by molar-refractivity contribution is -0.274. The van der Waals surface area contributed by atoms with Crippen LogP contribution in [0.4, 0.5) is 13.2 Å². The minimum atomic E-state index is -4.72. The van der Waals surface area contributed by atoms with Crippen LogP contribution in [0.5, 0.6) is 5.75 Å². The summed E-state index contributed by atoms with van der Waals surface area (Å²) in [4.78, 5) is 4.31. The summed E-state index contributed by atoms with van der Waals surface area (Å²) < 4.78 is 46.8. The van der Waals surface area contributed by atoms with Crippen molar-refractivity contribution >= 4 is 5.96 Å². The number of benzene rings is 1. The number of rotatable bonds is 9. The highest BCUT2D eigenvalue weighted by Crippen LogP contribution is 2.26. The molecule has 25 heavy (non-hydrogen) atoms. The topological polar surface area (TPSA) is 54.9 Å². The Hall–Kier alpha value is -1.96. The summed E-state index contributed by atoms with van der Waals surface area (Å²) in [6.45, 7) is 7.86. The first-order valence-corrected chi connectivity index (χ1v) is 8.29. The lowest BCUT2D eigenvalue weighted by atomic mass is 10.2. The zero-order chi connectivity index (χ0) is 18.7. The Morgan fingerprint density at radius 3 is 2.56 bits per heavy atom. The zero-order valence-corrected chi connectivity index (χ0v) is 14.8. The van der Waals surface area contributed by atoms with Crippen LogP contribution in [0.15, 0.2) is 29.3 Å². The number of nitrogens with one attached hydrogen (secondary N) is 2. The molecule has 0 heterocycles. The van der Waals surface area contributed by atoms with Crippen LogP contribution in [-0.2, 0) is 11.3 Å². The van der Waals surface area contributed by atoms with Gasteiger partial charge in [0.15, 0.2) is 5.96 Å². The van der Waals surface area contributed by atoms with Crippen LogP contribution in [0.3, 0.4) is 0 Å². The fraction of sp³-hybridized carbons (Fsp3) is 0.588. The Labute approximate surface area is 146 Å². The van der Waals surface area contributed by atoms with Crippen molar-refractivity contribution < 1.29 is 22.6 Å². The van der Waals surface area contributed by atoms with Gasteiger partial charge in [0, 0.05) is 25.3 Å².